The summed E-state index contributed by atoms with van der Waals surface area (Å²) in [5, 5.41) is 3.07. The monoisotopic (exact) mass is 231 g/mol. The van der Waals surface area contributed by atoms with Crippen LogP contribution in [0, 0.1) is 19.3 Å². The highest BCUT2D eigenvalue weighted by Gasteiger charge is 2.28. The lowest BCUT2D eigenvalue weighted by atomic mass is 10.3. The second kappa shape index (κ2) is 4.62. The van der Waals surface area contributed by atoms with E-state index in [1.807, 2.05) is 20.9 Å². The molecule has 1 fully saturated rings. The first-order valence-corrected chi connectivity index (χ1v) is 5.84. The van der Waals surface area contributed by atoms with Gasteiger partial charge in [0, 0.05) is 13.0 Å². The Morgan fingerprint density at radius 1 is 1.47 bits per heavy atom. The number of hydrogen-bond donors (Lipinski definition) is 1. The topological polar surface area (TPSA) is 47.0 Å². The molecule has 0 aliphatic heterocycles. The summed E-state index contributed by atoms with van der Waals surface area (Å²) in [7, 11) is 1.85. The lowest BCUT2D eigenvalue weighted by Crippen LogP contribution is -2.13. The molecule has 0 saturated heterocycles. The van der Waals surface area contributed by atoms with Crippen LogP contribution in [0.1, 0.15) is 37.1 Å². The number of aromatic nitrogens is 2. The van der Waals surface area contributed by atoms with E-state index >= 15 is 0 Å². The van der Waals surface area contributed by atoms with E-state index in [1.54, 1.807) is 0 Å². The van der Waals surface area contributed by atoms with E-state index in [2.05, 4.69) is 21.2 Å². The van der Waals surface area contributed by atoms with Crippen molar-refractivity contribution in [1.82, 2.24) is 9.97 Å². The van der Waals surface area contributed by atoms with Crippen molar-refractivity contribution in [2.75, 3.05) is 12.4 Å². The first-order valence-electron chi connectivity index (χ1n) is 5.84. The average Bonchev–Trinajstić information content (AvgIpc) is 3.15. The van der Waals surface area contributed by atoms with Gasteiger partial charge in [-0.25, -0.2) is 4.98 Å². The molecule has 4 nitrogen and oxygen atoms in total. The maximum absolute atomic E-state index is 5.63. The quantitative estimate of drug-likeness (QED) is 0.806. The molecule has 0 aromatic carbocycles. The minimum Gasteiger partial charge on any atom is -0.461 e. The van der Waals surface area contributed by atoms with Gasteiger partial charge in [-0.05, 0) is 26.7 Å². The largest absolute Gasteiger partial charge is 0.461 e. The van der Waals surface area contributed by atoms with Crippen molar-refractivity contribution in [3.05, 3.63) is 11.4 Å². The second-order valence-electron chi connectivity index (χ2n) is 4.31. The van der Waals surface area contributed by atoms with Gasteiger partial charge in [-0.3, -0.25) is 0 Å². The highest BCUT2D eigenvalue weighted by molar-refractivity contribution is 5.48. The Hall–Kier alpha value is -1.76. The van der Waals surface area contributed by atoms with Crippen molar-refractivity contribution in [2.24, 2.45) is 0 Å². The molecule has 1 atom stereocenters. The highest BCUT2D eigenvalue weighted by Crippen LogP contribution is 2.39. The molecule has 90 valence electrons. The predicted octanol–water partition coefficient (Wildman–Crippen LogP) is 2.10. The van der Waals surface area contributed by atoms with Crippen LogP contribution in [0.3, 0.4) is 0 Å². The van der Waals surface area contributed by atoms with Crippen LogP contribution in [-0.2, 0) is 0 Å². The Balaban J connectivity index is 2.35. The normalized spacial score (nSPS) is 16.1. The lowest BCUT2D eigenvalue weighted by Gasteiger charge is -2.14. The van der Waals surface area contributed by atoms with E-state index in [4.69, 9.17) is 11.2 Å². The van der Waals surface area contributed by atoms with Crippen molar-refractivity contribution >= 4 is 5.82 Å². The highest BCUT2D eigenvalue weighted by atomic mass is 16.5. The molecule has 1 aromatic rings. The summed E-state index contributed by atoms with van der Waals surface area (Å²) in [6.45, 7) is 3.76. The summed E-state index contributed by atoms with van der Waals surface area (Å²) in [5.74, 6) is 5.31. The molecule has 0 amide bonds. The van der Waals surface area contributed by atoms with Gasteiger partial charge in [0.15, 0.2) is 6.10 Å². The summed E-state index contributed by atoms with van der Waals surface area (Å²) < 4.78 is 5.63. The molecule has 1 aromatic heterocycles. The molecule has 17 heavy (non-hydrogen) atoms. The number of hydrogen-bond acceptors (Lipinski definition) is 4. The van der Waals surface area contributed by atoms with Gasteiger partial charge in [0.05, 0.1) is 5.56 Å². The molecule has 1 aliphatic rings. The number of ether oxygens (including phenoxy) is 1. The molecule has 1 saturated carbocycles. The lowest BCUT2D eigenvalue weighted by molar-refractivity contribution is 0.264. The fraction of sp³-hybridized carbons (Fsp3) is 0.538. The van der Waals surface area contributed by atoms with Gasteiger partial charge >= 0.3 is 0 Å². The Labute approximate surface area is 102 Å². The molecule has 1 heterocycles. The fourth-order valence-electron chi connectivity index (χ4n) is 1.60. The summed E-state index contributed by atoms with van der Waals surface area (Å²) in [6.07, 6.45) is 7.37. The van der Waals surface area contributed by atoms with Gasteiger partial charge in [0.1, 0.15) is 11.6 Å². The van der Waals surface area contributed by atoms with Gasteiger partial charge < -0.3 is 10.1 Å². The first-order chi connectivity index (χ1) is 8.15. The number of nitrogens with one attached hydrogen (secondary N) is 1. The third-order valence-electron chi connectivity index (χ3n) is 2.82. The molecule has 0 spiro atoms. The molecule has 0 bridgehead atoms. The average molecular weight is 231 g/mol. The van der Waals surface area contributed by atoms with Crippen LogP contribution < -0.4 is 10.1 Å². The van der Waals surface area contributed by atoms with Gasteiger partial charge in [0.25, 0.3) is 0 Å². The minimum atomic E-state index is -0.277. The van der Waals surface area contributed by atoms with Crippen LogP contribution in [0.15, 0.2) is 0 Å². The minimum absolute atomic E-state index is 0.277. The Kier molecular flexibility index (Phi) is 3.19. The predicted molar refractivity (Wildman–Crippen MR) is 67.2 cm³/mol. The summed E-state index contributed by atoms with van der Waals surface area (Å²) in [4.78, 5) is 8.95. The summed E-state index contributed by atoms with van der Waals surface area (Å²) in [5.41, 5.74) is 0.902. The van der Waals surface area contributed by atoms with Crippen molar-refractivity contribution in [2.45, 2.75) is 38.7 Å². The van der Waals surface area contributed by atoms with E-state index in [0.717, 1.165) is 30.0 Å². The molecular weight excluding hydrogens is 214 g/mol. The summed E-state index contributed by atoms with van der Waals surface area (Å²) >= 11 is 0. The Morgan fingerprint density at radius 3 is 2.71 bits per heavy atom. The van der Waals surface area contributed by atoms with Gasteiger partial charge in [-0.15, -0.1) is 6.42 Å². The van der Waals surface area contributed by atoms with E-state index in [0.29, 0.717) is 11.8 Å². The van der Waals surface area contributed by atoms with Crippen molar-refractivity contribution in [3.63, 3.8) is 0 Å². The van der Waals surface area contributed by atoms with Crippen LogP contribution in [0.2, 0.25) is 0 Å². The van der Waals surface area contributed by atoms with Crippen LogP contribution in [0.5, 0.6) is 5.88 Å². The molecule has 2 rings (SSSR count). The Bertz CT molecular complexity index is 460. The molecule has 1 unspecified atom stereocenters. The van der Waals surface area contributed by atoms with Crippen molar-refractivity contribution in [1.29, 1.82) is 0 Å². The molecular formula is C13H17N3O. The number of terminal acetylenes is 1. The number of rotatable bonds is 4. The molecule has 0 radical (unpaired) electrons. The SMILES string of the molecule is C#CC(C)Oc1nc(C2CC2)nc(NC)c1C. The fourth-order valence-corrected chi connectivity index (χ4v) is 1.60. The van der Waals surface area contributed by atoms with Crippen molar-refractivity contribution in [3.8, 4) is 18.2 Å². The zero-order valence-corrected chi connectivity index (χ0v) is 10.4. The smallest absolute Gasteiger partial charge is 0.223 e. The zero-order chi connectivity index (χ0) is 12.4. The van der Waals surface area contributed by atoms with E-state index in [1.165, 1.54) is 0 Å². The van der Waals surface area contributed by atoms with Crippen LogP contribution in [0.4, 0.5) is 5.82 Å². The van der Waals surface area contributed by atoms with Crippen LogP contribution >= 0.6 is 0 Å². The number of nitrogens with zero attached hydrogens (tertiary/aromatic N) is 2. The van der Waals surface area contributed by atoms with E-state index in [9.17, 15) is 0 Å². The Morgan fingerprint density at radius 2 is 2.18 bits per heavy atom. The molecule has 1 N–H and O–H groups in total. The third-order valence-corrected chi connectivity index (χ3v) is 2.82. The van der Waals surface area contributed by atoms with Gasteiger partial charge in [0.2, 0.25) is 5.88 Å². The van der Waals surface area contributed by atoms with E-state index in [-0.39, 0.29) is 6.10 Å². The van der Waals surface area contributed by atoms with Crippen molar-refractivity contribution < 1.29 is 4.74 Å². The van der Waals surface area contributed by atoms with Gasteiger partial charge in [-0.1, -0.05) is 5.92 Å². The van der Waals surface area contributed by atoms with E-state index < -0.39 is 0 Å². The maximum atomic E-state index is 5.63. The van der Waals surface area contributed by atoms with Crippen LogP contribution in [-0.4, -0.2) is 23.1 Å². The molecule has 4 heteroatoms. The standard InChI is InChI=1S/C13H17N3O/c1-5-8(2)17-13-9(3)11(14-4)15-12(16-13)10-6-7-10/h1,8,10H,6-7H2,2-4H3,(H,14,15,16). The zero-order valence-electron chi connectivity index (χ0n) is 10.4. The third kappa shape index (κ3) is 2.50. The second-order valence-corrected chi connectivity index (χ2v) is 4.31. The van der Waals surface area contributed by atoms with Gasteiger partial charge in [-0.2, -0.15) is 4.98 Å². The number of anilines is 1. The maximum Gasteiger partial charge on any atom is 0.223 e. The first kappa shape index (κ1) is 11.7. The summed E-state index contributed by atoms with van der Waals surface area (Å²) in [6, 6.07) is 0. The molecule has 1 aliphatic carbocycles. The van der Waals surface area contributed by atoms with Crippen LogP contribution in [0.25, 0.3) is 0 Å².